The number of carbonyl (C=O) groups is 1. The van der Waals surface area contributed by atoms with Crippen molar-refractivity contribution in [3.05, 3.63) is 65.5 Å². The Bertz CT molecular complexity index is 624. The van der Waals surface area contributed by atoms with Crippen LogP contribution < -0.4 is 10.6 Å². The summed E-state index contributed by atoms with van der Waals surface area (Å²) in [5.74, 6) is -0.404. The van der Waals surface area contributed by atoms with E-state index in [1.54, 1.807) is 17.0 Å². The lowest BCUT2D eigenvalue weighted by Gasteiger charge is -2.17. The van der Waals surface area contributed by atoms with Crippen LogP contribution in [0.15, 0.2) is 48.5 Å². The summed E-state index contributed by atoms with van der Waals surface area (Å²) in [6, 6.07) is 13.0. The molecule has 1 aliphatic heterocycles. The zero-order chi connectivity index (χ0) is 13.4. The highest BCUT2D eigenvalue weighted by Gasteiger charge is 2.34. The predicted octanol–water partition coefficient (Wildman–Crippen LogP) is 2.37. The SMILES string of the molecule is NC1C(=O)N(Cc2ccc(F)cc2)c2ccccc21. The molecule has 4 heteroatoms. The lowest BCUT2D eigenvalue weighted by molar-refractivity contribution is -0.119. The van der Waals surface area contributed by atoms with Crippen LogP contribution in [0, 0.1) is 5.82 Å². The molecular weight excluding hydrogens is 243 g/mol. The molecule has 0 saturated heterocycles. The van der Waals surface area contributed by atoms with Crippen LogP contribution in [0.2, 0.25) is 0 Å². The van der Waals surface area contributed by atoms with Crippen LogP contribution in [0.1, 0.15) is 17.2 Å². The molecule has 1 amide bonds. The Hall–Kier alpha value is -2.20. The number of anilines is 1. The number of amides is 1. The molecule has 19 heavy (non-hydrogen) atoms. The Morgan fingerprint density at radius 1 is 1.11 bits per heavy atom. The van der Waals surface area contributed by atoms with Gasteiger partial charge in [-0.3, -0.25) is 4.79 Å². The van der Waals surface area contributed by atoms with Gasteiger partial charge in [0.25, 0.3) is 0 Å². The molecule has 0 spiro atoms. The first kappa shape index (κ1) is 11.9. The summed E-state index contributed by atoms with van der Waals surface area (Å²) in [5, 5.41) is 0. The average Bonchev–Trinajstić information content (AvgIpc) is 2.67. The summed E-state index contributed by atoms with van der Waals surface area (Å²) in [7, 11) is 0. The second kappa shape index (κ2) is 4.48. The number of nitrogens with two attached hydrogens (primary N) is 1. The van der Waals surface area contributed by atoms with E-state index >= 15 is 0 Å². The molecule has 0 radical (unpaired) electrons. The number of hydrogen-bond acceptors (Lipinski definition) is 2. The monoisotopic (exact) mass is 256 g/mol. The van der Waals surface area contributed by atoms with E-state index in [0.717, 1.165) is 16.8 Å². The first-order valence-corrected chi connectivity index (χ1v) is 6.07. The molecule has 1 aliphatic rings. The van der Waals surface area contributed by atoms with Crippen molar-refractivity contribution in [3.8, 4) is 0 Å². The Labute approximate surface area is 110 Å². The number of nitrogens with zero attached hydrogens (tertiary/aromatic N) is 1. The summed E-state index contributed by atoms with van der Waals surface area (Å²) < 4.78 is 12.9. The van der Waals surface area contributed by atoms with Crippen molar-refractivity contribution in [3.63, 3.8) is 0 Å². The minimum atomic E-state index is -0.600. The summed E-state index contributed by atoms with van der Waals surface area (Å²) in [6.45, 7) is 0.407. The third-order valence-electron chi connectivity index (χ3n) is 3.35. The molecule has 96 valence electrons. The molecule has 0 saturated carbocycles. The molecule has 1 atom stereocenters. The average molecular weight is 256 g/mol. The number of halogens is 1. The van der Waals surface area contributed by atoms with Crippen LogP contribution in [-0.2, 0) is 11.3 Å². The Morgan fingerprint density at radius 2 is 1.79 bits per heavy atom. The van der Waals surface area contributed by atoms with Gasteiger partial charge in [-0.05, 0) is 23.8 Å². The molecule has 2 aromatic rings. The van der Waals surface area contributed by atoms with Gasteiger partial charge in [-0.25, -0.2) is 4.39 Å². The number of benzene rings is 2. The van der Waals surface area contributed by atoms with E-state index < -0.39 is 6.04 Å². The highest BCUT2D eigenvalue weighted by molar-refractivity contribution is 6.04. The maximum atomic E-state index is 12.9. The Morgan fingerprint density at radius 3 is 2.53 bits per heavy atom. The van der Waals surface area contributed by atoms with Crippen LogP contribution >= 0.6 is 0 Å². The van der Waals surface area contributed by atoms with Gasteiger partial charge in [0.1, 0.15) is 11.9 Å². The molecule has 2 N–H and O–H groups in total. The van der Waals surface area contributed by atoms with Crippen molar-refractivity contribution >= 4 is 11.6 Å². The lowest BCUT2D eigenvalue weighted by Crippen LogP contribution is -2.31. The fourth-order valence-electron chi connectivity index (χ4n) is 2.35. The van der Waals surface area contributed by atoms with Crippen molar-refractivity contribution in [1.82, 2.24) is 0 Å². The lowest BCUT2D eigenvalue weighted by atomic mass is 10.1. The second-order valence-corrected chi connectivity index (χ2v) is 4.59. The minimum Gasteiger partial charge on any atom is -0.316 e. The number of hydrogen-bond donors (Lipinski definition) is 1. The van der Waals surface area contributed by atoms with E-state index in [9.17, 15) is 9.18 Å². The van der Waals surface area contributed by atoms with Crippen molar-refractivity contribution in [2.75, 3.05) is 4.90 Å². The minimum absolute atomic E-state index is 0.120. The summed E-state index contributed by atoms with van der Waals surface area (Å²) in [6.07, 6.45) is 0. The van der Waals surface area contributed by atoms with E-state index in [4.69, 9.17) is 5.73 Å². The van der Waals surface area contributed by atoms with Crippen molar-refractivity contribution < 1.29 is 9.18 Å². The number of carbonyl (C=O) groups excluding carboxylic acids is 1. The van der Waals surface area contributed by atoms with Gasteiger partial charge >= 0.3 is 0 Å². The molecule has 3 rings (SSSR count). The Balaban J connectivity index is 1.93. The fourth-order valence-corrected chi connectivity index (χ4v) is 2.35. The number of rotatable bonds is 2. The van der Waals surface area contributed by atoms with Gasteiger partial charge in [0, 0.05) is 11.3 Å². The topological polar surface area (TPSA) is 46.3 Å². The van der Waals surface area contributed by atoms with Crippen LogP contribution in [0.5, 0.6) is 0 Å². The molecule has 3 nitrogen and oxygen atoms in total. The normalized spacial score (nSPS) is 17.7. The van der Waals surface area contributed by atoms with Gasteiger partial charge in [-0.15, -0.1) is 0 Å². The van der Waals surface area contributed by atoms with Gasteiger partial charge < -0.3 is 10.6 Å². The first-order chi connectivity index (χ1) is 9.16. The van der Waals surface area contributed by atoms with Gasteiger partial charge in [0.2, 0.25) is 5.91 Å². The highest BCUT2D eigenvalue weighted by Crippen LogP contribution is 2.35. The largest absolute Gasteiger partial charge is 0.316 e. The van der Waals surface area contributed by atoms with E-state index in [2.05, 4.69) is 0 Å². The molecule has 0 aromatic heterocycles. The number of fused-ring (bicyclic) bond motifs is 1. The smallest absolute Gasteiger partial charge is 0.248 e. The van der Waals surface area contributed by atoms with Crippen LogP contribution in [0.4, 0.5) is 10.1 Å². The first-order valence-electron chi connectivity index (χ1n) is 6.07. The molecular formula is C15H13FN2O. The summed E-state index contributed by atoms with van der Waals surface area (Å²) in [5.41, 5.74) is 8.46. The van der Waals surface area contributed by atoms with Crippen molar-refractivity contribution in [2.45, 2.75) is 12.6 Å². The van der Waals surface area contributed by atoms with Crippen LogP contribution in [-0.4, -0.2) is 5.91 Å². The van der Waals surface area contributed by atoms with Gasteiger partial charge in [-0.1, -0.05) is 30.3 Å². The predicted molar refractivity (Wildman–Crippen MR) is 71.0 cm³/mol. The van der Waals surface area contributed by atoms with Crippen molar-refractivity contribution in [2.24, 2.45) is 5.73 Å². The van der Waals surface area contributed by atoms with Gasteiger partial charge in [0.15, 0.2) is 0 Å². The zero-order valence-electron chi connectivity index (χ0n) is 10.2. The fraction of sp³-hybridized carbons (Fsp3) is 0.133. The molecule has 1 heterocycles. The molecule has 1 unspecified atom stereocenters. The summed E-state index contributed by atoms with van der Waals surface area (Å²) >= 11 is 0. The third kappa shape index (κ3) is 2.00. The maximum absolute atomic E-state index is 12.9. The van der Waals surface area contributed by atoms with E-state index in [1.165, 1.54) is 12.1 Å². The quantitative estimate of drug-likeness (QED) is 0.896. The van der Waals surface area contributed by atoms with E-state index in [1.807, 2.05) is 24.3 Å². The highest BCUT2D eigenvalue weighted by atomic mass is 19.1. The molecule has 0 aliphatic carbocycles. The standard InChI is InChI=1S/C15H13FN2O/c16-11-7-5-10(6-8-11)9-18-13-4-2-1-3-12(13)14(17)15(18)19/h1-8,14H,9,17H2. The van der Waals surface area contributed by atoms with E-state index in [-0.39, 0.29) is 11.7 Å². The van der Waals surface area contributed by atoms with Crippen LogP contribution in [0.3, 0.4) is 0 Å². The third-order valence-corrected chi connectivity index (χ3v) is 3.35. The Kier molecular flexibility index (Phi) is 2.80. The van der Waals surface area contributed by atoms with Crippen LogP contribution in [0.25, 0.3) is 0 Å². The van der Waals surface area contributed by atoms with E-state index in [0.29, 0.717) is 6.54 Å². The zero-order valence-corrected chi connectivity index (χ0v) is 10.2. The maximum Gasteiger partial charge on any atom is 0.248 e. The second-order valence-electron chi connectivity index (χ2n) is 4.59. The molecule has 0 bridgehead atoms. The van der Waals surface area contributed by atoms with Crippen molar-refractivity contribution in [1.29, 1.82) is 0 Å². The number of para-hydroxylation sites is 1. The molecule has 0 fully saturated rings. The molecule has 2 aromatic carbocycles. The van der Waals surface area contributed by atoms with Gasteiger partial charge in [-0.2, -0.15) is 0 Å². The van der Waals surface area contributed by atoms with Gasteiger partial charge in [0.05, 0.1) is 6.54 Å². The summed E-state index contributed by atoms with van der Waals surface area (Å²) in [4.78, 5) is 13.8.